The molecule has 0 atom stereocenters. The van der Waals surface area contributed by atoms with E-state index in [2.05, 4.69) is 27.4 Å². The highest BCUT2D eigenvalue weighted by Crippen LogP contribution is 2.27. The molecule has 1 aromatic heterocycles. The van der Waals surface area contributed by atoms with Gasteiger partial charge in [-0.15, -0.1) is 0 Å². The van der Waals surface area contributed by atoms with Crippen molar-refractivity contribution in [3.05, 3.63) is 30.0 Å². The van der Waals surface area contributed by atoms with Gasteiger partial charge in [0.1, 0.15) is 5.82 Å². The summed E-state index contributed by atoms with van der Waals surface area (Å²) in [6.07, 6.45) is 2.47. The zero-order valence-corrected chi connectivity index (χ0v) is 8.12. The second-order valence-electron chi connectivity index (χ2n) is 3.67. The highest BCUT2D eigenvalue weighted by molar-refractivity contribution is 5.66. The van der Waals surface area contributed by atoms with Gasteiger partial charge in [0, 0.05) is 17.8 Å². The van der Waals surface area contributed by atoms with Crippen molar-refractivity contribution in [2.45, 2.75) is 6.42 Å². The van der Waals surface area contributed by atoms with E-state index in [9.17, 15) is 5.11 Å². The van der Waals surface area contributed by atoms with E-state index in [1.165, 1.54) is 17.4 Å². The van der Waals surface area contributed by atoms with E-state index in [-0.39, 0.29) is 5.88 Å². The van der Waals surface area contributed by atoms with Crippen LogP contribution in [0.25, 0.3) is 11.4 Å². The molecule has 1 aliphatic rings. The molecule has 0 fully saturated rings. The van der Waals surface area contributed by atoms with Crippen LogP contribution in [0.3, 0.4) is 0 Å². The van der Waals surface area contributed by atoms with Crippen LogP contribution in [-0.4, -0.2) is 21.6 Å². The first-order valence-electron chi connectivity index (χ1n) is 4.94. The SMILES string of the molecule is Oc1cnc(-c2ccc3c(c2)CCN3)[nH]1. The number of benzene rings is 1. The summed E-state index contributed by atoms with van der Waals surface area (Å²) in [5, 5.41) is 12.5. The molecule has 1 aliphatic heterocycles. The Kier molecular flexibility index (Phi) is 1.68. The molecule has 3 rings (SSSR count). The molecular formula is C11H11N3O. The van der Waals surface area contributed by atoms with Gasteiger partial charge in [0.25, 0.3) is 0 Å². The zero-order valence-electron chi connectivity index (χ0n) is 8.12. The van der Waals surface area contributed by atoms with Gasteiger partial charge in [0.05, 0.1) is 6.20 Å². The van der Waals surface area contributed by atoms with Crippen LogP contribution in [0.1, 0.15) is 5.56 Å². The van der Waals surface area contributed by atoms with E-state index in [0.717, 1.165) is 18.5 Å². The van der Waals surface area contributed by atoms with Crippen molar-refractivity contribution in [1.82, 2.24) is 9.97 Å². The van der Waals surface area contributed by atoms with E-state index in [4.69, 9.17) is 0 Å². The van der Waals surface area contributed by atoms with Gasteiger partial charge < -0.3 is 15.4 Å². The summed E-state index contributed by atoms with van der Waals surface area (Å²) in [4.78, 5) is 6.89. The maximum Gasteiger partial charge on any atom is 0.208 e. The summed E-state index contributed by atoms with van der Waals surface area (Å²) in [5.41, 5.74) is 3.52. The Hall–Kier alpha value is -1.97. The van der Waals surface area contributed by atoms with Crippen LogP contribution < -0.4 is 5.32 Å². The number of aromatic hydroxyl groups is 1. The summed E-state index contributed by atoms with van der Waals surface area (Å²) in [7, 11) is 0. The minimum absolute atomic E-state index is 0.101. The predicted octanol–water partition coefficient (Wildman–Crippen LogP) is 1.75. The average molecular weight is 201 g/mol. The van der Waals surface area contributed by atoms with Gasteiger partial charge >= 0.3 is 0 Å². The van der Waals surface area contributed by atoms with Crippen LogP contribution in [0.5, 0.6) is 5.88 Å². The highest BCUT2D eigenvalue weighted by atomic mass is 16.3. The van der Waals surface area contributed by atoms with E-state index in [0.29, 0.717) is 5.82 Å². The number of H-pyrrole nitrogens is 1. The lowest BCUT2D eigenvalue weighted by atomic mass is 10.1. The molecule has 0 spiro atoms. The molecule has 0 saturated carbocycles. The van der Waals surface area contributed by atoms with E-state index in [1.54, 1.807) is 0 Å². The summed E-state index contributed by atoms with van der Waals surface area (Å²) in [6.45, 7) is 1.00. The number of imidazole rings is 1. The van der Waals surface area contributed by atoms with Crippen molar-refractivity contribution in [2.24, 2.45) is 0 Å². The molecule has 76 valence electrons. The molecule has 0 amide bonds. The Morgan fingerprint density at radius 2 is 2.27 bits per heavy atom. The van der Waals surface area contributed by atoms with Crippen molar-refractivity contribution in [2.75, 3.05) is 11.9 Å². The van der Waals surface area contributed by atoms with Crippen LogP contribution in [-0.2, 0) is 6.42 Å². The first kappa shape index (κ1) is 8.35. The quantitative estimate of drug-likeness (QED) is 0.658. The topological polar surface area (TPSA) is 60.9 Å². The highest BCUT2D eigenvalue weighted by Gasteiger charge is 2.11. The Morgan fingerprint density at radius 1 is 1.33 bits per heavy atom. The van der Waals surface area contributed by atoms with Crippen LogP contribution in [0, 0.1) is 0 Å². The fourth-order valence-electron chi connectivity index (χ4n) is 1.91. The normalized spacial score (nSPS) is 13.6. The van der Waals surface area contributed by atoms with Gasteiger partial charge in [-0.2, -0.15) is 0 Å². The Balaban J connectivity index is 2.06. The third-order valence-corrected chi connectivity index (χ3v) is 2.65. The number of aromatic nitrogens is 2. The molecule has 2 aromatic rings. The molecule has 2 heterocycles. The minimum Gasteiger partial charge on any atom is -0.493 e. The number of nitrogens with zero attached hydrogens (tertiary/aromatic N) is 1. The van der Waals surface area contributed by atoms with Gasteiger partial charge in [-0.1, -0.05) is 0 Å². The lowest BCUT2D eigenvalue weighted by Crippen LogP contribution is -1.90. The van der Waals surface area contributed by atoms with Gasteiger partial charge in [-0.25, -0.2) is 4.98 Å². The van der Waals surface area contributed by atoms with Crippen LogP contribution in [0.15, 0.2) is 24.4 Å². The Bertz CT molecular complexity index is 504. The number of hydrogen-bond acceptors (Lipinski definition) is 3. The molecule has 4 heteroatoms. The summed E-state index contributed by atoms with van der Waals surface area (Å²) < 4.78 is 0. The van der Waals surface area contributed by atoms with Crippen LogP contribution in [0.4, 0.5) is 5.69 Å². The van der Waals surface area contributed by atoms with Gasteiger partial charge in [-0.3, -0.25) is 0 Å². The first-order valence-corrected chi connectivity index (χ1v) is 4.94. The zero-order chi connectivity index (χ0) is 10.3. The molecule has 0 saturated heterocycles. The number of nitrogens with one attached hydrogen (secondary N) is 2. The second kappa shape index (κ2) is 3.02. The minimum atomic E-state index is 0.101. The molecule has 0 bridgehead atoms. The molecule has 0 aliphatic carbocycles. The Morgan fingerprint density at radius 3 is 3.07 bits per heavy atom. The van der Waals surface area contributed by atoms with E-state index in [1.807, 2.05) is 6.07 Å². The molecule has 15 heavy (non-hydrogen) atoms. The van der Waals surface area contributed by atoms with E-state index >= 15 is 0 Å². The third-order valence-electron chi connectivity index (χ3n) is 2.65. The van der Waals surface area contributed by atoms with Gasteiger partial charge in [-0.05, 0) is 30.2 Å². The maximum absolute atomic E-state index is 9.18. The molecular weight excluding hydrogens is 190 g/mol. The second-order valence-corrected chi connectivity index (χ2v) is 3.67. The third kappa shape index (κ3) is 1.34. The maximum atomic E-state index is 9.18. The molecule has 0 unspecified atom stereocenters. The number of hydrogen-bond donors (Lipinski definition) is 3. The fourth-order valence-corrected chi connectivity index (χ4v) is 1.91. The lowest BCUT2D eigenvalue weighted by Gasteiger charge is -2.01. The number of fused-ring (bicyclic) bond motifs is 1. The molecule has 4 nitrogen and oxygen atoms in total. The van der Waals surface area contributed by atoms with Gasteiger partial charge in [0.2, 0.25) is 5.88 Å². The van der Waals surface area contributed by atoms with E-state index < -0.39 is 0 Å². The van der Waals surface area contributed by atoms with Crippen LogP contribution in [0.2, 0.25) is 0 Å². The molecule has 1 aromatic carbocycles. The number of rotatable bonds is 1. The van der Waals surface area contributed by atoms with Crippen molar-refractivity contribution in [3.8, 4) is 17.3 Å². The van der Waals surface area contributed by atoms with Crippen LogP contribution >= 0.6 is 0 Å². The average Bonchev–Trinajstić information content (AvgIpc) is 2.84. The van der Waals surface area contributed by atoms with Crippen molar-refractivity contribution >= 4 is 5.69 Å². The van der Waals surface area contributed by atoms with Crippen molar-refractivity contribution in [3.63, 3.8) is 0 Å². The molecule has 0 radical (unpaired) electrons. The Labute approximate surface area is 87.0 Å². The summed E-state index contributed by atoms with van der Waals surface area (Å²) in [6, 6.07) is 6.15. The predicted molar refractivity (Wildman–Crippen MR) is 57.9 cm³/mol. The molecule has 3 N–H and O–H groups in total. The largest absolute Gasteiger partial charge is 0.493 e. The fraction of sp³-hybridized carbons (Fsp3) is 0.182. The monoisotopic (exact) mass is 201 g/mol. The summed E-state index contributed by atoms with van der Waals surface area (Å²) in [5.74, 6) is 0.811. The summed E-state index contributed by atoms with van der Waals surface area (Å²) >= 11 is 0. The smallest absolute Gasteiger partial charge is 0.208 e. The lowest BCUT2D eigenvalue weighted by molar-refractivity contribution is 0.457. The standard InChI is InChI=1S/C11H11N3O/c15-10-6-13-11(14-10)8-1-2-9-7(5-8)3-4-12-9/h1-2,5-6,12,15H,3-4H2,(H,13,14). The van der Waals surface area contributed by atoms with Gasteiger partial charge in [0.15, 0.2) is 0 Å². The first-order chi connectivity index (χ1) is 7.33. The van der Waals surface area contributed by atoms with Crippen molar-refractivity contribution in [1.29, 1.82) is 0 Å². The number of aromatic amines is 1. The number of anilines is 1. The van der Waals surface area contributed by atoms with Crippen molar-refractivity contribution < 1.29 is 5.11 Å².